The Morgan fingerprint density at radius 3 is 2.90 bits per heavy atom. The van der Waals surface area contributed by atoms with Crippen LogP contribution in [-0.2, 0) is 0 Å². The Morgan fingerprint density at radius 2 is 2.17 bits per heavy atom. The van der Waals surface area contributed by atoms with Gasteiger partial charge in [0.25, 0.3) is 0 Å². The highest BCUT2D eigenvalue weighted by Crippen LogP contribution is 2.29. The largest absolute Gasteiger partial charge is 0.481 e. The van der Waals surface area contributed by atoms with Crippen LogP contribution in [0.3, 0.4) is 0 Å². The molecule has 2 amide bonds. The number of pyridine rings is 1. The zero-order valence-electron chi connectivity index (χ0n) is 16.4. The number of rotatable bonds is 3. The average molecular weight is 414 g/mol. The third kappa shape index (κ3) is 3.73. The van der Waals surface area contributed by atoms with Crippen molar-refractivity contribution >= 4 is 45.2 Å². The normalized spacial score (nSPS) is 16.9. The topological polar surface area (TPSA) is 122 Å². The number of aromatic nitrogens is 4. The fourth-order valence-corrected chi connectivity index (χ4v) is 4.05. The Labute approximate surface area is 171 Å². The fraction of sp³-hybridized carbons (Fsp3) is 0.389. The molecule has 1 fully saturated rings. The second-order valence-electron chi connectivity index (χ2n) is 6.87. The smallest absolute Gasteiger partial charge is 0.322 e. The van der Waals surface area contributed by atoms with Crippen LogP contribution in [0.2, 0.25) is 0 Å². The molecule has 10 nitrogen and oxygen atoms in total. The van der Waals surface area contributed by atoms with Gasteiger partial charge in [0, 0.05) is 31.7 Å². The van der Waals surface area contributed by atoms with Gasteiger partial charge in [-0.3, -0.25) is 0 Å². The van der Waals surface area contributed by atoms with E-state index in [1.54, 1.807) is 29.8 Å². The van der Waals surface area contributed by atoms with E-state index in [1.807, 2.05) is 6.92 Å². The van der Waals surface area contributed by atoms with Gasteiger partial charge in [0.2, 0.25) is 11.8 Å². The molecule has 0 spiro atoms. The first kappa shape index (κ1) is 19.1. The van der Waals surface area contributed by atoms with E-state index >= 15 is 0 Å². The van der Waals surface area contributed by atoms with Gasteiger partial charge in [0.1, 0.15) is 5.52 Å². The van der Waals surface area contributed by atoms with Crippen molar-refractivity contribution in [3.8, 4) is 5.88 Å². The number of thiazole rings is 1. The van der Waals surface area contributed by atoms with E-state index in [-0.39, 0.29) is 18.0 Å². The van der Waals surface area contributed by atoms with Gasteiger partial charge in [-0.2, -0.15) is 4.98 Å². The summed E-state index contributed by atoms with van der Waals surface area (Å²) in [5, 5.41) is 2.94. The number of piperazine rings is 1. The molecule has 11 heteroatoms. The maximum Gasteiger partial charge on any atom is 0.322 e. The summed E-state index contributed by atoms with van der Waals surface area (Å²) in [5.74, 6) is 1.46. The first-order chi connectivity index (χ1) is 14.0. The van der Waals surface area contributed by atoms with Crippen LogP contribution in [0.1, 0.15) is 12.5 Å². The first-order valence-corrected chi connectivity index (χ1v) is 10.0. The van der Waals surface area contributed by atoms with Crippen LogP contribution in [-0.4, -0.2) is 63.7 Å². The lowest BCUT2D eigenvalue weighted by atomic mass is 10.2. The number of methoxy groups -OCH3 is 1. The molecule has 0 bridgehead atoms. The molecule has 1 atom stereocenters. The number of nitrogens with two attached hydrogens (primary N) is 1. The van der Waals surface area contributed by atoms with E-state index in [9.17, 15) is 4.79 Å². The van der Waals surface area contributed by atoms with Gasteiger partial charge in [-0.05, 0) is 19.4 Å². The monoisotopic (exact) mass is 414 g/mol. The molecule has 3 N–H and O–H groups in total. The van der Waals surface area contributed by atoms with Gasteiger partial charge in [-0.25, -0.2) is 19.7 Å². The van der Waals surface area contributed by atoms with E-state index in [1.165, 1.54) is 11.3 Å². The molecule has 152 valence electrons. The highest BCUT2D eigenvalue weighted by atomic mass is 32.1. The maximum absolute atomic E-state index is 12.8. The lowest BCUT2D eigenvalue weighted by Crippen LogP contribution is -2.55. The van der Waals surface area contributed by atoms with Crippen LogP contribution in [0.5, 0.6) is 5.88 Å². The van der Waals surface area contributed by atoms with Crippen molar-refractivity contribution in [3.05, 3.63) is 23.3 Å². The molecule has 0 aliphatic carbocycles. The molecular weight excluding hydrogens is 392 g/mol. The number of hydrogen-bond acceptors (Lipinski definition) is 9. The molecule has 1 aliphatic rings. The van der Waals surface area contributed by atoms with Crippen molar-refractivity contribution in [2.45, 2.75) is 19.9 Å². The highest BCUT2D eigenvalue weighted by Gasteiger charge is 2.29. The van der Waals surface area contributed by atoms with E-state index < -0.39 is 0 Å². The second-order valence-corrected chi connectivity index (χ2v) is 7.70. The summed E-state index contributed by atoms with van der Waals surface area (Å²) in [5.41, 5.74) is 9.91. The molecule has 0 radical (unpaired) electrons. The number of anilines is 3. The Bertz CT molecular complexity index is 1060. The van der Waals surface area contributed by atoms with E-state index in [0.717, 1.165) is 21.7 Å². The molecule has 3 aromatic rings. The van der Waals surface area contributed by atoms with E-state index in [4.69, 9.17) is 10.5 Å². The zero-order chi connectivity index (χ0) is 20.5. The minimum atomic E-state index is -0.160. The summed E-state index contributed by atoms with van der Waals surface area (Å²) >= 11 is 1.43. The lowest BCUT2D eigenvalue weighted by molar-refractivity contribution is 0.200. The van der Waals surface area contributed by atoms with Gasteiger partial charge in [0.15, 0.2) is 10.6 Å². The number of fused-ring (bicyclic) bond motifs is 1. The Hall–Kier alpha value is -3.21. The van der Waals surface area contributed by atoms with Crippen LogP contribution >= 0.6 is 11.3 Å². The molecule has 4 rings (SSSR count). The summed E-state index contributed by atoms with van der Waals surface area (Å²) in [6, 6.07) is 1.67. The zero-order valence-corrected chi connectivity index (χ0v) is 17.2. The number of aryl methyl sites for hydroxylation is 1. The molecule has 1 aliphatic heterocycles. The van der Waals surface area contributed by atoms with E-state index in [2.05, 4.69) is 37.1 Å². The molecule has 0 saturated carbocycles. The average Bonchev–Trinajstić information content (AvgIpc) is 3.17. The summed E-state index contributed by atoms with van der Waals surface area (Å²) in [7, 11) is 1.56. The minimum absolute atomic E-state index is 0.0452. The molecular formula is C18H22N8O2S. The predicted octanol–water partition coefficient (Wildman–Crippen LogP) is 2.12. The van der Waals surface area contributed by atoms with Crippen molar-refractivity contribution in [3.63, 3.8) is 0 Å². The van der Waals surface area contributed by atoms with Gasteiger partial charge in [-0.1, -0.05) is 0 Å². The number of ether oxygens (including phenoxy) is 1. The standard InChI is InChI=1S/C18H22N8O2S/c1-10-6-13(28-3)20-7-12(10)22-18(27)25-4-5-26(11(2)8-25)15-14-16(29-9-21-14)24-17(19)23-15/h6-7,9,11H,4-5,8H2,1-3H3,(H,22,27)(H2,19,23,24)/t11-/m0/s1. The van der Waals surface area contributed by atoms with Crippen molar-refractivity contribution < 1.29 is 9.53 Å². The summed E-state index contributed by atoms with van der Waals surface area (Å²) in [4.78, 5) is 34.6. The van der Waals surface area contributed by atoms with Crippen LogP contribution in [0.25, 0.3) is 10.3 Å². The van der Waals surface area contributed by atoms with Gasteiger partial charge < -0.3 is 25.6 Å². The van der Waals surface area contributed by atoms with Gasteiger partial charge in [-0.15, -0.1) is 11.3 Å². The van der Waals surface area contributed by atoms with Crippen LogP contribution < -0.4 is 20.7 Å². The van der Waals surface area contributed by atoms with Gasteiger partial charge >= 0.3 is 6.03 Å². The lowest BCUT2D eigenvalue weighted by Gasteiger charge is -2.40. The summed E-state index contributed by atoms with van der Waals surface area (Å²) < 4.78 is 5.11. The number of urea groups is 1. The predicted molar refractivity (Wildman–Crippen MR) is 113 cm³/mol. The number of carbonyl (C=O) groups excluding carboxylic acids is 1. The van der Waals surface area contributed by atoms with Crippen molar-refractivity contribution in [2.24, 2.45) is 0 Å². The molecule has 29 heavy (non-hydrogen) atoms. The number of carbonyl (C=O) groups is 1. The SMILES string of the molecule is COc1cc(C)c(NC(=O)N2CCN(c3nc(N)nc4scnc34)[C@@H](C)C2)cn1. The fourth-order valence-electron chi connectivity index (χ4n) is 3.39. The van der Waals surface area contributed by atoms with Gasteiger partial charge in [0.05, 0.1) is 24.5 Å². The van der Waals surface area contributed by atoms with Crippen LogP contribution in [0, 0.1) is 6.92 Å². The van der Waals surface area contributed by atoms with Crippen molar-refractivity contribution in [2.75, 3.05) is 42.7 Å². The molecule has 1 saturated heterocycles. The van der Waals surface area contributed by atoms with Crippen molar-refractivity contribution in [1.82, 2.24) is 24.8 Å². The minimum Gasteiger partial charge on any atom is -0.481 e. The number of nitrogen functional groups attached to an aromatic ring is 1. The second kappa shape index (κ2) is 7.66. The Balaban J connectivity index is 1.47. The first-order valence-electron chi connectivity index (χ1n) is 9.16. The molecule has 0 aromatic carbocycles. The molecule has 3 aromatic heterocycles. The van der Waals surface area contributed by atoms with Crippen LogP contribution in [0.15, 0.2) is 17.8 Å². The Morgan fingerprint density at radius 1 is 1.34 bits per heavy atom. The Kier molecular flexibility index (Phi) is 5.05. The van der Waals surface area contributed by atoms with Crippen molar-refractivity contribution in [1.29, 1.82) is 0 Å². The number of nitrogens with one attached hydrogen (secondary N) is 1. The van der Waals surface area contributed by atoms with Crippen LogP contribution in [0.4, 0.5) is 22.2 Å². The summed E-state index contributed by atoms with van der Waals surface area (Å²) in [6.07, 6.45) is 1.61. The quantitative estimate of drug-likeness (QED) is 0.668. The maximum atomic E-state index is 12.8. The summed E-state index contributed by atoms with van der Waals surface area (Å²) in [6.45, 7) is 5.67. The highest BCUT2D eigenvalue weighted by molar-refractivity contribution is 7.16. The van der Waals surface area contributed by atoms with E-state index in [0.29, 0.717) is 31.2 Å². The molecule has 4 heterocycles. The number of hydrogen-bond donors (Lipinski definition) is 2. The third-order valence-electron chi connectivity index (χ3n) is 4.92. The number of nitrogens with zero attached hydrogens (tertiary/aromatic N) is 6. The molecule has 0 unspecified atom stereocenters. The number of amides is 2. The third-order valence-corrected chi connectivity index (χ3v) is 5.64.